The molecule has 0 bridgehead atoms. The number of carbonyl (C=O) groups is 3. The Hall–Kier alpha value is -3.20. The van der Waals surface area contributed by atoms with E-state index in [-0.39, 0.29) is 22.5 Å². The number of rotatable bonds is 4. The molecule has 1 unspecified atom stereocenters. The van der Waals surface area contributed by atoms with Crippen LogP contribution in [-0.4, -0.2) is 44.6 Å². The van der Waals surface area contributed by atoms with Crippen LogP contribution in [0.1, 0.15) is 21.8 Å². The van der Waals surface area contributed by atoms with E-state index in [1.807, 2.05) is 0 Å². The van der Waals surface area contributed by atoms with Crippen LogP contribution < -0.4 is 9.21 Å². The van der Waals surface area contributed by atoms with Crippen LogP contribution in [0.2, 0.25) is 0 Å². The highest BCUT2D eigenvalue weighted by Gasteiger charge is 2.43. The van der Waals surface area contributed by atoms with Crippen molar-refractivity contribution in [3.8, 4) is 0 Å². The van der Waals surface area contributed by atoms with E-state index in [0.29, 0.717) is 0 Å². The highest BCUT2D eigenvalue weighted by molar-refractivity contribution is 7.92. The number of aliphatic carboxylic acids is 1. The summed E-state index contributed by atoms with van der Waals surface area (Å²) in [5.41, 5.74) is 0.590. The van der Waals surface area contributed by atoms with E-state index in [1.54, 1.807) is 12.1 Å². The van der Waals surface area contributed by atoms with Crippen molar-refractivity contribution in [2.24, 2.45) is 0 Å². The number of carbonyl (C=O) groups excluding carboxylic acids is 2. The zero-order chi connectivity index (χ0) is 19.9. The van der Waals surface area contributed by atoms with E-state index in [1.165, 1.54) is 43.4 Å². The molecule has 1 aliphatic rings. The van der Waals surface area contributed by atoms with Crippen LogP contribution in [-0.2, 0) is 19.6 Å². The molecule has 0 aromatic heterocycles. The number of imide groups is 1. The van der Waals surface area contributed by atoms with Crippen LogP contribution in [0.3, 0.4) is 0 Å². The molecule has 1 heterocycles. The molecule has 2 amide bonds. The third kappa shape index (κ3) is 3.17. The van der Waals surface area contributed by atoms with Gasteiger partial charge in [-0.1, -0.05) is 24.3 Å². The van der Waals surface area contributed by atoms with E-state index in [0.717, 1.165) is 15.5 Å². The molecule has 8 nitrogen and oxygen atoms in total. The smallest absolute Gasteiger partial charge is 0.320 e. The maximum absolute atomic E-state index is 12.9. The number of benzene rings is 2. The number of carboxylic acids is 1. The van der Waals surface area contributed by atoms with E-state index < -0.39 is 33.7 Å². The second kappa shape index (κ2) is 6.51. The van der Waals surface area contributed by atoms with Gasteiger partial charge in [0, 0.05) is 12.6 Å². The third-order valence-electron chi connectivity index (χ3n) is 4.37. The van der Waals surface area contributed by atoms with Gasteiger partial charge in [-0.25, -0.2) is 13.3 Å². The number of amides is 2. The first-order chi connectivity index (χ1) is 12.6. The van der Waals surface area contributed by atoms with Gasteiger partial charge >= 0.3 is 5.97 Å². The van der Waals surface area contributed by atoms with Gasteiger partial charge in [-0.2, -0.15) is 0 Å². The van der Waals surface area contributed by atoms with Crippen molar-refractivity contribution < 1.29 is 27.9 Å². The summed E-state index contributed by atoms with van der Waals surface area (Å²) in [5.74, 6) is -4.44. The Morgan fingerprint density at radius 1 is 1.11 bits per heavy atom. The molecule has 1 aliphatic heterocycles. The topological polar surface area (TPSA) is 112 Å². The van der Waals surface area contributed by atoms with Crippen LogP contribution in [0.4, 0.5) is 11.4 Å². The van der Waals surface area contributed by atoms with Crippen molar-refractivity contribution >= 4 is 39.2 Å². The van der Waals surface area contributed by atoms with Gasteiger partial charge in [0.2, 0.25) is 10.0 Å². The van der Waals surface area contributed by atoms with E-state index in [9.17, 15) is 27.9 Å². The Bertz CT molecular complexity index is 1060. The Morgan fingerprint density at radius 3 is 2.41 bits per heavy atom. The lowest BCUT2D eigenvalue weighted by Gasteiger charge is -2.31. The van der Waals surface area contributed by atoms with Crippen molar-refractivity contribution in [2.75, 3.05) is 22.5 Å². The lowest BCUT2D eigenvalue weighted by molar-refractivity contribution is -0.142. The monoisotopic (exact) mass is 388 g/mol. The molecule has 1 N–H and O–H groups in total. The minimum absolute atomic E-state index is 0.0961. The number of anilines is 2. The van der Waals surface area contributed by atoms with Gasteiger partial charge in [0.05, 0.1) is 17.6 Å². The van der Waals surface area contributed by atoms with Gasteiger partial charge in [-0.05, 0) is 29.8 Å². The minimum Gasteiger partial charge on any atom is -0.480 e. The average molecular weight is 388 g/mol. The molecular formula is C18H16N2O6S. The lowest BCUT2D eigenvalue weighted by Crippen LogP contribution is -2.47. The van der Waals surface area contributed by atoms with Gasteiger partial charge in [0.15, 0.2) is 5.92 Å². The quantitative estimate of drug-likeness (QED) is 0.626. The molecule has 0 radical (unpaired) electrons. The molecule has 1 atom stereocenters. The third-order valence-corrected chi connectivity index (χ3v) is 5.57. The molecule has 0 saturated heterocycles. The first-order valence-electron chi connectivity index (χ1n) is 7.87. The fourth-order valence-corrected chi connectivity index (χ4v) is 3.43. The summed E-state index contributed by atoms with van der Waals surface area (Å²) in [7, 11) is -2.22. The summed E-state index contributed by atoms with van der Waals surface area (Å²) in [5, 5.41) is 9.51. The summed E-state index contributed by atoms with van der Waals surface area (Å²) in [4.78, 5) is 38.1. The second-order valence-corrected chi connectivity index (χ2v) is 8.10. The van der Waals surface area contributed by atoms with Gasteiger partial charge in [0.25, 0.3) is 11.8 Å². The fraction of sp³-hybridized carbons (Fsp3) is 0.167. The van der Waals surface area contributed by atoms with Gasteiger partial charge in [-0.3, -0.25) is 18.7 Å². The summed E-state index contributed by atoms with van der Waals surface area (Å²) in [6.45, 7) is 0. The molecule has 140 valence electrons. The summed E-state index contributed by atoms with van der Waals surface area (Å²) in [6.07, 6.45) is 1.02. The van der Waals surface area contributed by atoms with Crippen molar-refractivity contribution in [3.63, 3.8) is 0 Å². The van der Waals surface area contributed by atoms with Crippen molar-refractivity contribution in [1.82, 2.24) is 0 Å². The number of fused-ring (bicyclic) bond motifs is 1. The van der Waals surface area contributed by atoms with E-state index >= 15 is 0 Å². The number of nitrogens with zero attached hydrogens (tertiary/aromatic N) is 2. The largest absolute Gasteiger partial charge is 0.480 e. The second-order valence-electron chi connectivity index (χ2n) is 6.09. The number of sulfonamides is 1. The van der Waals surface area contributed by atoms with Crippen LogP contribution in [0, 0.1) is 0 Å². The standard InChI is InChI=1S/C18H16N2O6S/c1-19(27(2,25)26)11-6-5-7-12(10-11)20-16(21)14-9-4-3-8-13(14)15(17(20)22)18(23)24/h3-10,15H,1-2H3,(H,23,24). The minimum atomic E-state index is -3.55. The Morgan fingerprint density at radius 2 is 1.78 bits per heavy atom. The zero-order valence-electron chi connectivity index (χ0n) is 14.5. The molecule has 0 saturated carbocycles. The van der Waals surface area contributed by atoms with Crippen molar-refractivity contribution in [3.05, 3.63) is 59.7 Å². The first-order valence-corrected chi connectivity index (χ1v) is 9.71. The Balaban J connectivity index is 2.14. The van der Waals surface area contributed by atoms with Crippen LogP contribution in [0.5, 0.6) is 0 Å². The number of hydrogen-bond acceptors (Lipinski definition) is 5. The first kappa shape index (κ1) is 18.6. The van der Waals surface area contributed by atoms with Gasteiger partial charge < -0.3 is 5.11 Å². The summed E-state index contributed by atoms with van der Waals surface area (Å²) >= 11 is 0. The molecule has 0 fully saturated rings. The Kier molecular flexibility index (Phi) is 4.48. The molecule has 27 heavy (non-hydrogen) atoms. The van der Waals surface area contributed by atoms with Crippen molar-refractivity contribution in [1.29, 1.82) is 0 Å². The van der Waals surface area contributed by atoms with Crippen molar-refractivity contribution in [2.45, 2.75) is 5.92 Å². The van der Waals surface area contributed by atoms with Crippen LogP contribution in [0.25, 0.3) is 0 Å². The Labute approximate surface area is 155 Å². The molecular weight excluding hydrogens is 372 g/mol. The molecule has 3 rings (SSSR count). The van der Waals surface area contributed by atoms with Gasteiger partial charge in [0.1, 0.15) is 0 Å². The molecule has 9 heteroatoms. The highest BCUT2D eigenvalue weighted by Crippen LogP contribution is 2.34. The molecule has 2 aromatic rings. The summed E-state index contributed by atoms with van der Waals surface area (Å²) < 4.78 is 24.5. The van der Waals surface area contributed by atoms with Gasteiger partial charge in [-0.15, -0.1) is 0 Å². The predicted molar refractivity (Wildman–Crippen MR) is 98.3 cm³/mol. The molecule has 2 aromatic carbocycles. The van der Waals surface area contributed by atoms with E-state index in [4.69, 9.17) is 0 Å². The SMILES string of the molecule is CN(c1cccc(N2C(=O)c3ccccc3C(C(=O)O)C2=O)c1)S(C)(=O)=O. The highest BCUT2D eigenvalue weighted by atomic mass is 32.2. The normalized spacial score (nSPS) is 16.8. The zero-order valence-corrected chi connectivity index (χ0v) is 15.3. The maximum Gasteiger partial charge on any atom is 0.320 e. The molecule has 0 spiro atoms. The lowest BCUT2D eigenvalue weighted by atomic mass is 9.88. The average Bonchev–Trinajstić information content (AvgIpc) is 2.60. The molecule has 0 aliphatic carbocycles. The van der Waals surface area contributed by atoms with E-state index in [2.05, 4.69) is 0 Å². The maximum atomic E-state index is 12.9. The van der Waals surface area contributed by atoms with Crippen LogP contribution in [0.15, 0.2) is 48.5 Å². The number of carboxylic acid groups (broad SMARTS) is 1. The van der Waals surface area contributed by atoms with Crippen LogP contribution >= 0.6 is 0 Å². The number of hydrogen-bond donors (Lipinski definition) is 1. The fourth-order valence-electron chi connectivity index (χ4n) is 2.93. The predicted octanol–water partition coefficient (Wildman–Crippen LogP) is 1.44. The summed E-state index contributed by atoms with van der Waals surface area (Å²) in [6, 6.07) is 11.8.